The quantitative estimate of drug-likeness (QED) is 0.345. The molecule has 0 spiro atoms. The van der Waals surface area contributed by atoms with Gasteiger partial charge in [-0.3, -0.25) is 18.9 Å². The second kappa shape index (κ2) is 6.28. The van der Waals surface area contributed by atoms with Crippen LogP contribution in [0.3, 0.4) is 0 Å². The van der Waals surface area contributed by atoms with E-state index in [4.69, 9.17) is 14.5 Å². The van der Waals surface area contributed by atoms with Crippen LogP contribution in [0, 0.1) is 3.57 Å². The number of rotatable bonds is 4. The van der Waals surface area contributed by atoms with Crippen molar-refractivity contribution in [2.75, 3.05) is 6.61 Å². The predicted molar refractivity (Wildman–Crippen MR) is 76.6 cm³/mol. The van der Waals surface area contributed by atoms with Crippen molar-refractivity contribution in [3.63, 3.8) is 0 Å². The molecule has 2 heterocycles. The summed E-state index contributed by atoms with van der Waals surface area (Å²) in [6.07, 6.45) is -1.59. The lowest BCUT2D eigenvalue weighted by Crippen LogP contribution is -2.33. The lowest BCUT2D eigenvalue weighted by Gasteiger charge is -2.16. The first-order chi connectivity index (χ1) is 9.67. The predicted octanol–water partition coefficient (Wildman–Crippen LogP) is -1.10. The second-order valence-corrected chi connectivity index (χ2v) is 6.76. The van der Waals surface area contributed by atoms with Crippen molar-refractivity contribution in [3.05, 3.63) is 30.6 Å². The van der Waals surface area contributed by atoms with Gasteiger partial charge in [0.25, 0.3) is 5.56 Å². The number of aromatic nitrogens is 2. The van der Waals surface area contributed by atoms with Gasteiger partial charge in [-0.05, 0) is 22.6 Å². The maximum Gasteiger partial charge on any atom is 0.469 e. The highest BCUT2D eigenvalue weighted by atomic mass is 127. The van der Waals surface area contributed by atoms with E-state index in [-0.39, 0.29) is 9.99 Å². The molecule has 0 radical (unpaired) electrons. The van der Waals surface area contributed by atoms with Crippen molar-refractivity contribution >= 4 is 30.4 Å². The number of phosphoric acid groups is 1. The van der Waals surface area contributed by atoms with E-state index in [2.05, 4.69) is 9.51 Å². The number of hydrogen-bond acceptors (Lipinski definition) is 6. The van der Waals surface area contributed by atoms with Crippen LogP contribution >= 0.6 is 30.4 Å². The molecular weight excluding hydrogens is 422 g/mol. The average molecular weight is 434 g/mol. The van der Waals surface area contributed by atoms with Gasteiger partial charge in [0.15, 0.2) is 0 Å². The second-order valence-electron chi connectivity index (χ2n) is 4.36. The van der Waals surface area contributed by atoms with Crippen LogP contribution in [-0.4, -0.2) is 43.3 Å². The molecule has 2 rings (SSSR count). The number of H-pyrrole nitrogens is 1. The van der Waals surface area contributed by atoms with Crippen LogP contribution < -0.4 is 11.2 Å². The molecule has 10 nitrogen and oxygen atoms in total. The first kappa shape index (κ1) is 16.8. The zero-order valence-corrected chi connectivity index (χ0v) is 13.4. The molecule has 0 aromatic carbocycles. The number of hydrogen-bond donors (Lipinski definition) is 4. The Hall–Kier alpha value is -0.560. The Balaban J connectivity index is 2.14. The average Bonchev–Trinajstić information content (AvgIpc) is 2.72. The van der Waals surface area contributed by atoms with Crippen LogP contribution in [0.2, 0.25) is 0 Å². The summed E-state index contributed by atoms with van der Waals surface area (Å²) in [4.78, 5) is 42.3. The van der Waals surface area contributed by atoms with Crippen molar-refractivity contribution in [2.45, 2.75) is 24.9 Å². The first-order valence-electron chi connectivity index (χ1n) is 5.72. The van der Waals surface area contributed by atoms with Gasteiger partial charge in [-0.1, -0.05) is 0 Å². The summed E-state index contributed by atoms with van der Waals surface area (Å²) in [7, 11) is -4.67. The topological polar surface area (TPSA) is 151 Å². The minimum absolute atomic E-state index is 0.0250. The van der Waals surface area contributed by atoms with E-state index >= 15 is 0 Å². The Kier molecular flexibility index (Phi) is 5.03. The largest absolute Gasteiger partial charge is 0.469 e. The molecule has 1 fully saturated rings. The van der Waals surface area contributed by atoms with Gasteiger partial charge in [0.05, 0.1) is 16.3 Å². The molecule has 118 valence electrons. The minimum atomic E-state index is -4.67. The standard InChI is InChI=1S/C9H12IN2O8P/c10-4-2-12(9(15)11-8(4)14)7-1-5(13)6(20-7)3-19-21(16,17)18/h2,5-7,13H,1,3H2,(H,11,14,15)(H2,16,17,18)/t5-,6+,7+/m0/s1. The van der Waals surface area contributed by atoms with E-state index in [0.29, 0.717) is 0 Å². The Morgan fingerprint density at radius 3 is 2.81 bits per heavy atom. The zero-order valence-electron chi connectivity index (χ0n) is 10.4. The number of aromatic amines is 1. The normalized spacial score (nSPS) is 26.2. The van der Waals surface area contributed by atoms with Crippen LogP contribution in [0.25, 0.3) is 0 Å². The Morgan fingerprint density at radius 1 is 1.52 bits per heavy atom. The molecule has 1 aromatic rings. The number of halogens is 1. The number of aliphatic hydroxyl groups excluding tert-OH is 1. The third-order valence-electron chi connectivity index (χ3n) is 2.85. The van der Waals surface area contributed by atoms with Crippen molar-refractivity contribution in [3.8, 4) is 0 Å². The van der Waals surface area contributed by atoms with Crippen molar-refractivity contribution in [1.82, 2.24) is 9.55 Å². The summed E-state index contributed by atoms with van der Waals surface area (Å²) >= 11 is 1.74. The molecule has 1 saturated heterocycles. The molecule has 0 amide bonds. The number of ether oxygens (including phenoxy) is 1. The first-order valence-corrected chi connectivity index (χ1v) is 8.33. The van der Waals surface area contributed by atoms with Gasteiger partial charge < -0.3 is 19.6 Å². The van der Waals surface area contributed by atoms with E-state index in [1.165, 1.54) is 6.20 Å². The van der Waals surface area contributed by atoms with Crippen molar-refractivity contribution in [2.24, 2.45) is 0 Å². The molecule has 0 aliphatic carbocycles. The van der Waals surface area contributed by atoms with E-state index < -0.39 is 44.1 Å². The summed E-state index contributed by atoms with van der Waals surface area (Å²) in [5, 5.41) is 9.79. The third kappa shape index (κ3) is 4.22. The van der Waals surface area contributed by atoms with Crippen molar-refractivity contribution in [1.29, 1.82) is 0 Å². The van der Waals surface area contributed by atoms with Crippen LogP contribution in [-0.2, 0) is 13.8 Å². The summed E-state index contributed by atoms with van der Waals surface area (Å²) in [5.41, 5.74) is -1.23. The van der Waals surface area contributed by atoms with Crippen LogP contribution in [0.1, 0.15) is 12.6 Å². The zero-order chi connectivity index (χ0) is 15.8. The van der Waals surface area contributed by atoms with Gasteiger partial charge in [-0.25, -0.2) is 9.36 Å². The van der Waals surface area contributed by atoms with Gasteiger partial charge >= 0.3 is 13.5 Å². The molecule has 1 aliphatic heterocycles. The molecule has 0 saturated carbocycles. The highest BCUT2D eigenvalue weighted by Crippen LogP contribution is 2.38. The number of phosphoric ester groups is 1. The monoisotopic (exact) mass is 434 g/mol. The van der Waals surface area contributed by atoms with Crippen LogP contribution in [0.15, 0.2) is 15.8 Å². The highest BCUT2D eigenvalue weighted by molar-refractivity contribution is 14.1. The fraction of sp³-hybridized carbons (Fsp3) is 0.556. The number of aliphatic hydroxyl groups is 1. The maximum absolute atomic E-state index is 11.7. The van der Waals surface area contributed by atoms with Gasteiger partial charge in [0, 0.05) is 12.6 Å². The molecule has 0 bridgehead atoms. The Labute approximate surface area is 131 Å². The van der Waals surface area contributed by atoms with E-state index in [9.17, 15) is 19.3 Å². The molecule has 1 aliphatic rings. The molecule has 4 N–H and O–H groups in total. The van der Waals surface area contributed by atoms with E-state index in [0.717, 1.165) is 4.57 Å². The number of nitrogens with zero attached hydrogens (tertiary/aromatic N) is 1. The van der Waals surface area contributed by atoms with Gasteiger partial charge in [-0.15, -0.1) is 0 Å². The molecule has 3 atom stereocenters. The molecule has 1 aromatic heterocycles. The summed E-state index contributed by atoms with van der Waals surface area (Å²) in [5.74, 6) is 0. The van der Waals surface area contributed by atoms with Gasteiger partial charge in [0.1, 0.15) is 12.3 Å². The van der Waals surface area contributed by atoms with Gasteiger partial charge in [0.2, 0.25) is 0 Å². The summed E-state index contributed by atoms with van der Waals surface area (Å²) in [6.45, 7) is -0.517. The fourth-order valence-electron chi connectivity index (χ4n) is 1.88. The molecule has 0 unspecified atom stereocenters. The van der Waals surface area contributed by atoms with E-state index in [1.807, 2.05) is 0 Å². The fourth-order valence-corrected chi connectivity index (χ4v) is 2.66. The van der Waals surface area contributed by atoms with Gasteiger partial charge in [-0.2, -0.15) is 0 Å². The van der Waals surface area contributed by atoms with Crippen LogP contribution in [0.4, 0.5) is 0 Å². The lowest BCUT2D eigenvalue weighted by atomic mass is 10.2. The SMILES string of the molecule is O=c1[nH]c(=O)n([C@H]2C[C@H](O)[C@@H](COP(=O)(O)O)O2)cc1I. The number of nitrogens with one attached hydrogen (secondary N) is 1. The summed E-state index contributed by atoms with van der Waals surface area (Å²) in [6, 6.07) is 0. The Morgan fingerprint density at radius 2 is 2.19 bits per heavy atom. The highest BCUT2D eigenvalue weighted by Gasteiger charge is 2.37. The molecule has 21 heavy (non-hydrogen) atoms. The minimum Gasteiger partial charge on any atom is -0.390 e. The van der Waals surface area contributed by atoms with Crippen molar-refractivity contribution < 1.29 is 28.7 Å². The third-order valence-corrected chi connectivity index (χ3v) is 4.10. The molecule has 12 heteroatoms. The Bertz CT molecular complexity index is 681. The maximum atomic E-state index is 11.7. The summed E-state index contributed by atoms with van der Waals surface area (Å²) < 4.78 is 21.6. The smallest absolute Gasteiger partial charge is 0.390 e. The molecular formula is C9H12IN2O8P. The van der Waals surface area contributed by atoms with Crippen LogP contribution in [0.5, 0.6) is 0 Å². The van der Waals surface area contributed by atoms with E-state index in [1.54, 1.807) is 22.6 Å². The lowest BCUT2D eigenvalue weighted by molar-refractivity contribution is -0.0451.